The van der Waals surface area contributed by atoms with Crippen molar-refractivity contribution in [3.8, 4) is 0 Å². The second-order valence-electron chi connectivity index (χ2n) is 5.80. The van der Waals surface area contributed by atoms with Crippen molar-refractivity contribution in [2.24, 2.45) is 17.6 Å². The summed E-state index contributed by atoms with van der Waals surface area (Å²) in [6.45, 7) is 5.03. The maximum absolute atomic E-state index is 13.4. The SMILES string of the molecule is CC1CCCC(CN)(Nc2cc(F)cc(Cl)c2)C1C. The lowest BCUT2D eigenvalue weighted by atomic mass is 9.68. The van der Waals surface area contributed by atoms with Crippen LogP contribution in [0.25, 0.3) is 0 Å². The molecule has 3 atom stereocenters. The number of hydrogen-bond donors (Lipinski definition) is 2. The largest absolute Gasteiger partial charge is 0.378 e. The summed E-state index contributed by atoms with van der Waals surface area (Å²) in [5, 5.41) is 3.86. The monoisotopic (exact) mass is 284 g/mol. The van der Waals surface area contributed by atoms with Gasteiger partial charge in [0.1, 0.15) is 5.82 Å². The van der Waals surface area contributed by atoms with Gasteiger partial charge in [-0.2, -0.15) is 0 Å². The molecule has 1 fully saturated rings. The molecule has 1 saturated carbocycles. The maximum Gasteiger partial charge on any atom is 0.126 e. The molecule has 0 heterocycles. The van der Waals surface area contributed by atoms with Crippen LogP contribution in [-0.4, -0.2) is 12.1 Å². The molecule has 106 valence electrons. The molecule has 0 aromatic heterocycles. The molecule has 2 nitrogen and oxygen atoms in total. The van der Waals surface area contributed by atoms with Gasteiger partial charge in [0.2, 0.25) is 0 Å². The first-order valence-corrected chi connectivity index (χ1v) is 7.29. The van der Waals surface area contributed by atoms with Crippen molar-refractivity contribution in [3.63, 3.8) is 0 Å². The van der Waals surface area contributed by atoms with Gasteiger partial charge in [-0.05, 0) is 36.5 Å². The van der Waals surface area contributed by atoms with Crippen molar-refractivity contribution >= 4 is 17.3 Å². The van der Waals surface area contributed by atoms with Crippen molar-refractivity contribution in [3.05, 3.63) is 29.0 Å². The molecule has 2 rings (SSSR count). The fourth-order valence-corrected chi connectivity index (χ4v) is 3.41. The Balaban J connectivity index is 2.26. The fourth-order valence-electron chi connectivity index (χ4n) is 3.19. The van der Waals surface area contributed by atoms with Crippen LogP contribution in [0.5, 0.6) is 0 Å². The predicted octanol–water partition coefficient (Wildman–Crippen LogP) is 4.04. The first-order valence-electron chi connectivity index (χ1n) is 6.91. The molecular weight excluding hydrogens is 263 g/mol. The van der Waals surface area contributed by atoms with E-state index in [1.807, 2.05) is 0 Å². The molecule has 0 bridgehead atoms. The Morgan fingerprint density at radius 2 is 2.16 bits per heavy atom. The van der Waals surface area contributed by atoms with Crippen molar-refractivity contribution < 1.29 is 4.39 Å². The van der Waals surface area contributed by atoms with Crippen LogP contribution in [0, 0.1) is 17.7 Å². The van der Waals surface area contributed by atoms with Gasteiger partial charge in [-0.1, -0.05) is 38.3 Å². The van der Waals surface area contributed by atoms with E-state index in [9.17, 15) is 4.39 Å². The van der Waals surface area contributed by atoms with Crippen LogP contribution >= 0.6 is 11.6 Å². The second-order valence-corrected chi connectivity index (χ2v) is 6.24. The topological polar surface area (TPSA) is 38.0 Å². The molecule has 3 N–H and O–H groups in total. The van der Waals surface area contributed by atoms with Gasteiger partial charge < -0.3 is 11.1 Å². The summed E-state index contributed by atoms with van der Waals surface area (Å²) in [5.41, 5.74) is 6.59. The Kier molecular flexibility index (Phi) is 4.36. The Morgan fingerprint density at radius 3 is 2.79 bits per heavy atom. The van der Waals surface area contributed by atoms with Crippen LogP contribution in [0.3, 0.4) is 0 Å². The van der Waals surface area contributed by atoms with Gasteiger partial charge in [-0.3, -0.25) is 0 Å². The second kappa shape index (κ2) is 5.68. The van der Waals surface area contributed by atoms with E-state index < -0.39 is 0 Å². The normalized spacial score (nSPS) is 31.2. The van der Waals surface area contributed by atoms with E-state index in [1.54, 1.807) is 6.07 Å². The summed E-state index contributed by atoms with van der Waals surface area (Å²) in [6.07, 6.45) is 3.40. The van der Waals surface area contributed by atoms with Crippen LogP contribution in [0.2, 0.25) is 5.02 Å². The summed E-state index contributed by atoms with van der Waals surface area (Å²) >= 11 is 5.91. The van der Waals surface area contributed by atoms with Gasteiger partial charge in [0.05, 0.1) is 5.54 Å². The van der Waals surface area contributed by atoms with Gasteiger partial charge in [-0.15, -0.1) is 0 Å². The van der Waals surface area contributed by atoms with Gasteiger partial charge in [-0.25, -0.2) is 4.39 Å². The lowest BCUT2D eigenvalue weighted by Gasteiger charge is -2.46. The summed E-state index contributed by atoms with van der Waals surface area (Å²) < 4.78 is 13.4. The molecule has 3 unspecified atom stereocenters. The minimum atomic E-state index is -0.321. The highest BCUT2D eigenvalue weighted by atomic mass is 35.5. The predicted molar refractivity (Wildman–Crippen MR) is 79.0 cm³/mol. The van der Waals surface area contributed by atoms with E-state index in [0.29, 0.717) is 23.4 Å². The van der Waals surface area contributed by atoms with Crippen LogP contribution in [0.15, 0.2) is 18.2 Å². The Labute approximate surface area is 119 Å². The number of hydrogen-bond acceptors (Lipinski definition) is 2. The molecule has 0 saturated heterocycles. The molecule has 0 radical (unpaired) electrons. The highest BCUT2D eigenvalue weighted by Gasteiger charge is 2.40. The summed E-state index contributed by atoms with van der Waals surface area (Å²) in [4.78, 5) is 0. The lowest BCUT2D eigenvalue weighted by molar-refractivity contribution is 0.168. The number of nitrogens with two attached hydrogens (primary N) is 1. The summed E-state index contributed by atoms with van der Waals surface area (Å²) in [5.74, 6) is 0.751. The average molecular weight is 285 g/mol. The smallest absolute Gasteiger partial charge is 0.126 e. The van der Waals surface area contributed by atoms with Crippen molar-refractivity contribution in [2.45, 2.75) is 38.6 Å². The van der Waals surface area contributed by atoms with Gasteiger partial charge >= 0.3 is 0 Å². The molecule has 0 amide bonds. The van der Waals surface area contributed by atoms with Crippen LogP contribution in [-0.2, 0) is 0 Å². The molecule has 1 aromatic rings. The molecule has 4 heteroatoms. The van der Waals surface area contributed by atoms with Gasteiger partial charge in [0.25, 0.3) is 0 Å². The third kappa shape index (κ3) is 3.03. The van der Waals surface area contributed by atoms with E-state index in [1.165, 1.54) is 18.6 Å². The zero-order valence-electron chi connectivity index (χ0n) is 11.5. The summed E-state index contributed by atoms with van der Waals surface area (Å²) in [7, 11) is 0. The minimum absolute atomic E-state index is 0.158. The first kappa shape index (κ1) is 14.6. The molecule has 1 aliphatic rings. The van der Waals surface area contributed by atoms with Gasteiger partial charge in [0.15, 0.2) is 0 Å². The highest BCUT2D eigenvalue weighted by Crippen LogP contribution is 2.39. The van der Waals surface area contributed by atoms with Crippen molar-refractivity contribution in [2.75, 3.05) is 11.9 Å². The van der Waals surface area contributed by atoms with E-state index >= 15 is 0 Å². The van der Waals surface area contributed by atoms with Crippen LogP contribution in [0.4, 0.5) is 10.1 Å². The van der Waals surface area contributed by atoms with Crippen molar-refractivity contribution in [1.29, 1.82) is 0 Å². The molecule has 0 aliphatic heterocycles. The molecule has 1 aliphatic carbocycles. The molecule has 19 heavy (non-hydrogen) atoms. The van der Waals surface area contributed by atoms with Crippen LogP contribution < -0.4 is 11.1 Å². The number of anilines is 1. The zero-order valence-corrected chi connectivity index (χ0v) is 12.3. The van der Waals surface area contributed by atoms with Crippen LogP contribution in [0.1, 0.15) is 33.1 Å². The molecule has 0 spiro atoms. The highest BCUT2D eigenvalue weighted by molar-refractivity contribution is 6.30. The zero-order chi connectivity index (χ0) is 14.0. The maximum atomic E-state index is 13.4. The molecule has 1 aromatic carbocycles. The standard InChI is InChI=1S/C15H22ClFN2/c1-10-4-3-5-15(9-18,11(10)2)19-14-7-12(16)6-13(17)8-14/h6-8,10-11,19H,3-5,9,18H2,1-2H3. The Hall–Kier alpha value is -0.800. The average Bonchev–Trinajstić information content (AvgIpc) is 2.34. The third-order valence-corrected chi connectivity index (χ3v) is 4.85. The molecular formula is C15H22ClFN2. The van der Waals surface area contributed by atoms with Crippen molar-refractivity contribution in [1.82, 2.24) is 0 Å². The fraction of sp³-hybridized carbons (Fsp3) is 0.600. The Morgan fingerprint density at radius 1 is 1.42 bits per heavy atom. The van der Waals surface area contributed by atoms with Gasteiger partial charge in [0, 0.05) is 17.3 Å². The Bertz CT molecular complexity index is 432. The quantitative estimate of drug-likeness (QED) is 0.879. The van der Waals surface area contributed by atoms with E-state index in [-0.39, 0.29) is 11.4 Å². The number of halogens is 2. The summed E-state index contributed by atoms with van der Waals surface area (Å²) in [6, 6.07) is 4.55. The third-order valence-electron chi connectivity index (χ3n) is 4.63. The van der Waals surface area contributed by atoms with E-state index in [4.69, 9.17) is 17.3 Å². The number of nitrogens with one attached hydrogen (secondary N) is 1. The minimum Gasteiger partial charge on any atom is -0.378 e. The first-order chi connectivity index (χ1) is 8.97. The van der Waals surface area contributed by atoms with E-state index in [0.717, 1.165) is 18.5 Å². The number of rotatable bonds is 3. The van der Waals surface area contributed by atoms with E-state index in [2.05, 4.69) is 19.2 Å². The number of benzene rings is 1. The lowest BCUT2D eigenvalue weighted by Crippen LogP contribution is -2.54.